The van der Waals surface area contributed by atoms with E-state index in [-0.39, 0.29) is 11.6 Å². The highest BCUT2D eigenvalue weighted by Crippen LogP contribution is 2.35. The zero-order valence-electron chi connectivity index (χ0n) is 15.9. The highest BCUT2D eigenvalue weighted by molar-refractivity contribution is 5.59. The second-order valence-corrected chi connectivity index (χ2v) is 7.53. The Morgan fingerprint density at radius 2 is 2.00 bits per heavy atom. The topological polar surface area (TPSA) is 62.7 Å². The van der Waals surface area contributed by atoms with Gasteiger partial charge >= 0.3 is 0 Å². The molecule has 0 saturated heterocycles. The molecule has 0 bridgehead atoms. The third kappa shape index (κ3) is 3.88. The van der Waals surface area contributed by atoms with Crippen LogP contribution >= 0.6 is 0 Å². The quantitative estimate of drug-likeness (QED) is 0.726. The monoisotopic (exact) mass is 362 g/mol. The minimum atomic E-state index is -0.0376. The van der Waals surface area contributed by atoms with Crippen molar-refractivity contribution >= 4 is 0 Å². The molecule has 4 rings (SSSR count). The normalized spacial score (nSPS) is 20.7. The number of aromatic amines is 1. The highest BCUT2D eigenvalue weighted by atomic mass is 16.1. The summed E-state index contributed by atoms with van der Waals surface area (Å²) in [7, 11) is 2.00. The Hall–Kier alpha value is -2.66. The fourth-order valence-corrected chi connectivity index (χ4v) is 4.13. The standard InChI is InChI=1S/C22H26N4O/c1-15(20-13-21(26(2)25-20)16-6-4-3-5-7-16)24-19-10-8-17(12-19)18-9-11-22(27)23-14-18/h3-7,9,11,13-15,17,19,24H,8,10,12H2,1-2H3,(H,23,27)/t15-,17?,19+/m1/s1. The van der Waals surface area contributed by atoms with Crippen LogP contribution in [0.5, 0.6) is 0 Å². The number of nitrogens with zero attached hydrogens (tertiary/aromatic N) is 2. The summed E-state index contributed by atoms with van der Waals surface area (Å²) in [4.78, 5) is 14.1. The highest BCUT2D eigenvalue weighted by Gasteiger charge is 2.27. The minimum Gasteiger partial charge on any atom is -0.329 e. The molecule has 3 atom stereocenters. The van der Waals surface area contributed by atoms with E-state index in [4.69, 9.17) is 5.10 Å². The molecule has 140 valence electrons. The van der Waals surface area contributed by atoms with Gasteiger partial charge in [0.25, 0.3) is 0 Å². The molecule has 1 unspecified atom stereocenters. The minimum absolute atomic E-state index is 0.0376. The molecule has 1 aliphatic carbocycles. The van der Waals surface area contributed by atoms with Gasteiger partial charge in [-0.2, -0.15) is 5.10 Å². The van der Waals surface area contributed by atoms with Gasteiger partial charge in [0.05, 0.1) is 11.4 Å². The van der Waals surface area contributed by atoms with Gasteiger partial charge in [0.15, 0.2) is 0 Å². The molecule has 1 saturated carbocycles. The molecule has 0 aliphatic heterocycles. The van der Waals surface area contributed by atoms with Crippen LogP contribution in [0.4, 0.5) is 0 Å². The van der Waals surface area contributed by atoms with E-state index in [1.54, 1.807) is 6.07 Å². The number of hydrogen-bond donors (Lipinski definition) is 2. The van der Waals surface area contributed by atoms with Gasteiger partial charge < -0.3 is 10.3 Å². The van der Waals surface area contributed by atoms with E-state index in [0.717, 1.165) is 30.7 Å². The summed E-state index contributed by atoms with van der Waals surface area (Å²) in [5.74, 6) is 0.509. The maximum atomic E-state index is 11.3. The Kier molecular flexibility index (Phi) is 4.94. The summed E-state index contributed by atoms with van der Waals surface area (Å²) in [5, 5.41) is 8.48. The molecule has 5 heteroatoms. The molecular formula is C22H26N4O. The van der Waals surface area contributed by atoms with Crippen LogP contribution < -0.4 is 10.9 Å². The van der Waals surface area contributed by atoms with E-state index >= 15 is 0 Å². The lowest BCUT2D eigenvalue weighted by molar-refractivity contribution is 0.448. The third-order valence-electron chi connectivity index (χ3n) is 5.61. The summed E-state index contributed by atoms with van der Waals surface area (Å²) in [6.07, 6.45) is 5.25. The number of nitrogens with one attached hydrogen (secondary N) is 2. The fraction of sp³-hybridized carbons (Fsp3) is 0.364. The third-order valence-corrected chi connectivity index (χ3v) is 5.61. The van der Waals surface area contributed by atoms with Gasteiger partial charge in [0.2, 0.25) is 5.56 Å². The number of hydrogen-bond acceptors (Lipinski definition) is 3. The molecule has 0 spiro atoms. The van der Waals surface area contributed by atoms with Crippen molar-refractivity contribution in [2.75, 3.05) is 0 Å². The van der Waals surface area contributed by atoms with Gasteiger partial charge in [0, 0.05) is 31.4 Å². The zero-order chi connectivity index (χ0) is 18.8. The van der Waals surface area contributed by atoms with Crippen molar-refractivity contribution in [3.05, 3.63) is 76.3 Å². The van der Waals surface area contributed by atoms with Crippen LogP contribution in [0.2, 0.25) is 0 Å². The zero-order valence-corrected chi connectivity index (χ0v) is 15.9. The van der Waals surface area contributed by atoms with Crippen LogP contribution in [0.1, 0.15) is 49.4 Å². The molecule has 2 heterocycles. The van der Waals surface area contributed by atoms with E-state index in [2.05, 4.69) is 47.6 Å². The molecule has 1 aliphatic rings. The van der Waals surface area contributed by atoms with Crippen LogP contribution in [0.15, 0.2) is 59.5 Å². The lowest BCUT2D eigenvalue weighted by Gasteiger charge is -2.18. The van der Waals surface area contributed by atoms with Crippen LogP contribution in [-0.2, 0) is 7.05 Å². The lowest BCUT2D eigenvalue weighted by Crippen LogP contribution is -2.29. The molecule has 2 aromatic heterocycles. The van der Waals surface area contributed by atoms with Crippen molar-refractivity contribution in [3.8, 4) is 11.3 Å². The van der Waals surface area contributed by atoms with Gasteiger partial charge in [-0.25, -0.2) is 0 Å². The van der Waals surface area contributed by atoms with Gasteiger partial charge in [-0.05, 0) is 49.3 Å². The average Bonchev–Trinajstić information content (AvgIpc) is 3.30. The molecule has 5 nitrogen and oxygen atoms in total. The number of benzene rings is 1. The van der Waals surface area contributed by atoms with E-state index in [1.165, 1.54) is 11.1 Å². The van der Waals surface area contributed by atoms with Crippen molar-refractivity contribution in [2.24, 2.45) is 7.05 Å². The summed E-state index contributed by atoms with van der Waals surface area (Å²) < 4.78 is 1.96. The predicted molar refractivity (Wildman–Crippen MR) is 108 cm³/mol. The Morgan fingerprint density at radius 3 is 2.74 bits per heavy atom. The molecule has 0 amide bonds. The molecule has 2 N–H and O–H groups in total. The smallest absolute Gasteiger partial charge is 0.247 e. The average molecular weight is 362 g/mol. The van der Waals surface area contributed by atoms with Gasteiger partial charge in [-0.3, -0.25) is 9.48 Å². The van der Waals surface area contributed by atoms with E-state index < -0.39 is 0 Å². The molecule has 0 radical (unpaired) electrons. The van der Waals surface area contributed by atoms with Crippen LogP contribution in [0.25, 0.3) is 11.3 Å². The Morgan fingerprint density at radius 1 is 1.19 bits per heavy atom. The van der Waals surface area contributed by atoms with Crippen molar-refractivity contribution < 1.29 is 0 Å². The second-order valence-electron chi connectivity index (χ2n) is 7.53. The maximum Gasteiger partial charge on any atom is 0.247 e. The Bertz CT molecular complexity index is 939. The van der Waals surface area contributed by atoms with Crippen molar-refractivity contribution in [2.45, 2.75) is 44.2 Å². The van der Waals surface area contributed by atoms with Crippen molar-refractivity contribution in [3.63, 3.8) is 0 Å². The summed E-state index contributed by atoms with van der Waals surface area (Å²) in [5.41, 5.74) is 4.59. The number of rotatable bonds is 5. The molecule has 1 aromatic carbocycles. The molecule has 3 aromatic rings. The first kappa shape index (κ1) is 17.7. The van der Waals surface area contributed by atoms with Crippen LogP contribution in [0, 0.1) is 0 Å². The van der Waals surface area contributed by atoms with Crippen molar-refractivity contribution in [1.82, 2.24) is 20.1 Å². The first-order valence-corrected chi connectivity index (χ1v) is 9.64. The van der Waals surface area contributed by atoms with Gasteiger partial charge in [-0.15, -0.1) is 0 Å². The molecule has 1 fully saturated rings. The largest absolute Gasteiger partial charge is 0.329 e. The SMILES string of the molecule is C[C@@H](N[C@H]1CCC(c2ccc(=O)[nH]c2)C1)c1cc(-c2ccccc2)n(C)n1. The summed E-state index contributed by atoms with van der Waals surface area (Å²) in [6.45, 7) is 2.18. The predicted octanol–water partition coefficient (Wildman–Crippen LogP) is 3.76. The van der Waals surface area contributed by atoms with Crippen LogP contribution in [-0.4, -0.2) is 20.8 Å². The Balaban J connectivity index is 1.42. The van der Waals surface area contributed by atoms with Gasteiger partial charge in [-0.1, -0.05) is 36.4 Å². The van der Waals surface area contributed by atoms with Crippen molar-refractivity contribution in [1.29, 1.82) is 0 Å². The number of pyridine rings is 1. The molecule has 27 heavy (non-hydrogen) atoms. The second kappa shape index (κ2) is 7.53. The number of aromatic nitrogens is 3. The number of aryl methyl sites for hydroxylation is 1. The first-order chi connectivity index (χ1) is 13.1. The van der Waals surface area contributed by atoms with E-state index in [1.807, 2.05) is 30.1 Å². The Labute approximate surface area is 159 Å². The summed E-state index contributed by atoms with van der Waals surface area (Å²) in [6, 6.07) is 16.8. The van der Waals surface area contributed by atoms with Gasteiger partial charge in [0.1, 0.15) is 0 Å². The van der Waals surface area contributed by atoms with E-state index in [9.17, 15) is 4.79 Å². The van der Waals surface area contributed by atoms with E-state index in [0.29, 0.717) is 12.0 Å². The number of H-pyrrole nitrogens is 1. The lowest BCUT2D eigenvalue weighted by atomic mass is 9.99. The summed E-state index contributed by atoms with van der Waals surface area (Å²) >= 11 is 0. The fourth-order valence-electron chi connectivity index (χ4n) is 4.13. The van der Waals surface area contributed by atoms with Crippen LogP contribution in [0.3, 0.4) is 0 Å². The first-order valence-electron chi connectivity index (χ1n) is 9.64. The molecular weight excluding hydrogens is 336 g/mol. The maximum absolute atomic E-state index is 11.3.